The zero-order valence-electron chi connectivity index (χ0n) is 11.0. The molecule has 98 valence electrons. The Balaban J connectivity index is 2.26. The molecule has 5 heteroatoms. The molecule has 3 rings (SSSR count). The maximum absolute atomic E-state index is 9.16. The summed E-state index contributed by atoms with van der Waals surface area (Å²) < 4.78 is 1.77. The molecule has 0 radical (unpaired) electrons. The molecule has 0 aliphatic carbocycles. The highest BCUT2D eigenvalue weighted by atomic mass is 15.1. The second-order valence-corrected chi connectivity index (χ2v) is 4.33. The van der Waals surface area contributed by atoms with E-state index in [2.05, 4.69) is 10.3 Å². The highest BCUT2D eigenvalue weighted by molar-refractivity contribution is 6.02. The molecule has 0 atom stereocenters. The minimum Gasteiger partial charge on any atom is -0.343 e. The number of anilines is 1. The molecule has 5 nitrogen and oxygen atoms in total. The Morgan fingerprint density at radius 2 is 1.71 bits per heavy atom. The standard InChI is InChI=1S/C16H10N5/c17-10-12(11-18)15-16(21-8-4-1-5-9-21)20-14-7-3-2-6-13(14)19-15/h1-9,19H/q+1. The van der Waals surface area contributed by atoms with Gasteiger partial charge in [0.15, 0.2) is 17.0 Å². The van der Waals surface area contributed by atoms with E-state index in [1.54, 1.807) is 4.57 Å². The van der Waals surface area contributed by atoms with Crippen molar-refractivity contribution in [3.8, 4) is 12.1 Å². The van der Waals surface area contributed by atoms with Gasteiger partial charge >= 0.3 is 5.84 Å². The summed E-state index contributed by atoms with van der Waals surface area (Å²) in [6, 6.07) is 16.9. The van der Waals surface area contributed by atoms with E-state index in [1.165, 1.54) is 0 Å². The molecule has 1 aliphatic heterocycles. The van der Waals surface area contributed by atoms with E-state index in [-0.39, 0.29) is 5.57 Å². The first-order chi connectivity index (χ1) is 10.3. The summed E-state index contributed by atoms with van der Waals surface area (Å²) in [5.74, 6) is 0.521. The lowest BCUT2D eigenvalue weighted by Crippen LogP contribution is -2.46. The van der Waals surface area contributed by atoms with Crippen molar-refractivity contribution < 1.29 is 4.57 Å². The van der Waals surface area contributed by atoms with Gasteiger partial charge < -0.3 is 5.32 Å². The van der Waals surface area contributed by atoms with Crippen molar-refractivity contribution in [2.75, 3.05) is 5.32 Å². The summed E-state index contributed by atoms with van der Waals surface area (Å²) in [6.07, 6.45) is 3.64. The van der Waals surface area contributed by atoms with Gasteiger partial charge in [0.05, 0.1) is 18.1 Å². The highest BCUT2D eigenvalue weighted by Crippen LogP contribution is 2.30. The van der Waals surface area contributed by atoms with Crippen LogP contribution in [-0.2, 0) is 0 Å². The van der Waals surface area contributed by atoms with E-state index < -0.39 is 0 Å². The Labute approximate surface area is 121 Å². The third kappa shape index (κ3) is 2.24. The van der Waals surface area contributed by atoms with Crippen LogP contribution in [0.1, 0.15) is 0 Å². The van der Waals surface area contributed by atoms with E-state index in [0.29, 0.717) is 11.5 Å². The lowest BCUT2D eigenvalue weighted by Gasteiger charge is -2.14. The van der Waals surface area contributed by atoms with Crippen LogP contribution >= 0.6 is 0 Å². The van der Waals surface area contributed by atoms with Crippen molar-refractivity contribution in [1.29, 1.82) is 10.5 Å². The van der Waals surface area contributed by atoms with Gasteiger partial charge in [-0.25, -0.2) is 4.57 Å². The monoisotopic (exact) mass is 272 g/mol. The fourth-order valence-electron chi connectivity index (χ4n) is 2.08. The molecule has 1 N–H and O–H groups in total. The predicted molar refractivity (Wildman–Crippen MR) is 77.4 cm³/mol. The van der Waals surface area contributed by atoms with Gasteiger partial charge in [-0.3, -0.25) is 0 Å². The molecule has 0 fully saturated rings. The number of hydrogen-bond donors (Lipinski definition) is 1. The molecule has 0 spiro atoms. The largest absolute Gasteiger partial charge is 0.354 e. The lowest BCUT2D eigenvalue weighted by molar-refractivity contribution is -0.554. The van der Waals surface area contributed by atoms with Gasteiger partial charge in [0, 0.05) is 0 Å². The van der Waals surface area contributed by atoms with Crippen LogP contribution in [0.5, 0.6) is 0 Å². The number of benzene rings is 1. The second kappa shape index (κ2) is 5.28. The first kappa shape index (κ1) is 12.6. The molecule has 1 aromatic heterocycles. The summed E-state index contributed by atoms with van der Waals surface area (Å²) in [6.45, 7) is 0. The third-order valence-electron chi connectivity index (χ3n) is 3.05. The van der Waals surface area contributed by atoms with Crippen LogP contribution in [0.3, 0.4) is 0 Å². The number of aliphatic imine (C=N–C) groups is 1. The molecular formula is C16H10N5+. The van der Waals surface area contributed by atoms with E-state index in [0.717, 1.165) is 11.4 Å². The quantitative estimate of drug-likeness (QED) is 0.590. The summed E-state index contributed by atoms with van der Waals surface area (Å²) in [5.41, 5.74) is 1.95. The maximum atomic E-state index is 9.16. The maximum Gasteiger partial charge on any atom is 0.354 e. The molecule has 0 saturated heterocycles. The summed E-state index contributed by atoms with van der Waals surface area (Å²) in [4.78, 5) is 4.57. The fraction of sp³-hybridized carbons (Fsp3) is 0. The number of rotatable bonds is 0. The summed E-state index contributed by atoms with van der Waals surface area (Å²) in [7, 11) is 0. The average Bonchev–Trinajstić information content (AvgIpc) is 2.56. The molecule has 0 bridgehead atoms. The number of nitrogens with one attached hydrogen (secondary N) is 1. The van der Waals surface area contributed by atoms with Crippen LogP contribution in [0.15, 0.2) is 71.1 Å². The Kier molecular flexibility index (Phi) is 3.16. The minimum atomic E-state index is -0.000365. The topological polar surface area (TPSA) is 75.8 Å². The zero-order valence-corrected chi connectivity index (χ0v) is 11.0. The third-order valence-corrected chi connectivity index (χ3v) is 3.05. The second-order valence-electron chi connectivity index (χ2n) is 4.33. The number of fused-ring (bicyclic) bond motifs is 1. The van der Waals surface area contributed by atoms with Crippen molar-refractivity contribution >= 4 is 17.2 Å². The van der Waals surface area contributed by atoms with Gasteiger partial charge in [0.25, 0.3) is 0 Å². The van der Waals surface area contributed by atoms with Gasteiger partial charge in [-0.1, -0.05) is 18.2 Å². The zero-order chi connectivity index (χ0) is 14.7. The van der Waals surface area contributed by atoms with Gasteiger partial charge in [-0.15, -0.1) is 0 Å². The number of allylic oxidation sites excluding steroid dienone is 2. The molecule has 2 heterocycles. The van der Waals surface area contributed by atoms with Crippen molar-refractivity contribution in [2.24, 2.45) is 4.99 Å². The van der Waals surface area contributed by atoms with Crippen LogP contribution in [0.25, 0.3) is 0 Å². The summed E-state index contributed by atoms with van der Waals surface area (Å²) >= 11 is 0. The number of nitrogens with zero attached hydrogens (tertiary/aromatic N) is 4. The van der Waals surface area contributed by atoms with Crippen molar-refractivity contribution in [3.63, 3.8) is 0 Å². The lowest BCUT2D eigenvalue weighted by atomic mass is 10.1. The average molecular weight is 272 g/mol. The van der Waals surface area contributed by atoms with Gasteiger partial charge in [-0.2, -0.15) is 10.5 Å². The number of aromatic nitrogens is 1. The highest BCUT2D eigenvalue weighted by Gasteiger charge is 2.29. The first-order valence-corrected chi connectivity index (χ1v) is 6.30. The molecule has 0 amide bonds. The van der Waals surface area contributed by atoms with Crippen molar-refractivity contribution in [3.05, 3.63) is 66.1 Å². The van der Waals surface area contributed by atoms with E-state index in [1.807, 2.05) is 67.0 Å². The molecule has 2 aromatic rings. The number of hydrogen-bond acceptors (Lipinski definition) is 4. The number of para-hydroxylation sites is 2. The van der Waals surface area contributed by atoms with Gasteiger partial charge in [0.1, 0.15) is 12.1 Å². The van der Waals surface area contributed by atoms with Crippen molar-refractivity contribution in [1.82, 2.24) is 0 Å². The Bertz CT molecular complexity index is 819. The first-order valence-electron chi connectivity index (χ1n) is 6.30. The van der Waals surface area contributed by atoms with Gasteiger partial charge in [-0.05, 0) is 29.3 Å². The Morgan fingerprint density at radius 1 is 1.00 bits per heavy atom. The van der Waals surface area contributed by atoms with Crippen LogP contribution in [-0.4, -0.2) is 5.84 Å². The normalized spacial score (nSPS) is 12.3. The predicted octanol–water partition coefficient (Wildman–Crippen LogP) is 2.28. The minimum absolute atomic E-state index is 0.000365. The summed E-state index contributed by atoms with van der Waals surface area (Å²) in [5, 5.41) is 21.4. The van der Waals surface area contributed by atoms with Crippen LogP contribution in [0.4, 0.5) is 11.4 Å². The van der Waals surface area contributed by atoms with Crippen molar-refractivity contribution in [2.45, 2.75) is 0 Å². The molecule has 0 unspecified atom stereocenters. The van der Waals surface area contributed by atoms with E-state index >= 15 is 0 Å². The molecular weight excluding hydrogens is 262 g/mol. The fourth-order valence-corrected chi connectivity index (χ4v) is 2.08. The molecule has 21 heavy (non-hydrogen) atoms. The number of pyridine rings is 1. The Morgan fingerprint density at radius 3 is 2.43 bits per heavy atom. The van der Waals surface area contributed by atoms with E-state index in [9.17, 15) is 0 Å². The Hall–Kier alpha value is -3.44. The van der Waals surface area contributed by atoms with Crippen LogP contribution < -0.4 is 9.88 Å². The van der Waals surface area contributed by atoms with Crippen LogP contribution in [0, 0.1) is 22.7 Å². The number of nitriles is 2. The molecule has 1 aliphatic rings. The van der Waals surface area contributed by atoms with E-state index in [4.69, 9.17) is 10.5 Å². The van der Waals surface area contributed by atoms with Crippen LogP contribution in [0.2, 0.25) is 0 Å². The molecule has 0 saturated carbocycles. The SMILES string of the molecule is N#CC(C#N)=C1Nc2ccccc2N=C1[n+]1ccccc1. The van der Waals surface area contributed by atoms with Gasteiger partial charge in [0.2, 0.25) is 0 Å². The molecule has 1 aromatic carbocycles. The smallest absolute Gasteiger partial charge is 0.343 e.